The molecule has 0 saturated carbocycles. The smallest absolute Gasteiger partial charge is 0.374 e. The van der Waals surface area contributed by atoms with Crippen LogP contribution in [0.3, 0.4) is 0 Å². The number of aryl methyl sites for hydroxylation is 5. The van der Waals surface area contributed by atoms with Gasteiger partial charge in [-0.25, -0.2) is 33.7 Å². The van der Waals surface area contributed by atoms with Crippen molar-refractivity contribution >= 4 is 255 Å². The van der Waals surface area contributed by atoms with Gasteiger partial charge in [0.05, 0.1) is 99.6 Å². The van der Waals surface area contributed by atoms with Crippen LogP contribution in [0.2, 0.25) is 20.1 Å². The van der Waals surface area contributed by atoms with Crippen molar-refractivity contribution in [3.05, 3.63) is 298 Å². The molecule has 8 heterocycles. The Morgan fingerprint density at radius 3 is 1.58 bits per heavy atom. The van der Waals surface area contributed by atoms with E-state index in [4.69, 9.17) is 69.4 Å². The summed E-state index contributed by atoms with van der Waals surface area (Å²) in [5.74, 6) is 3.04. The molecular formula is C102H96Cl4N8O17S8. The monoisotopic (exact) mass is 2100 g/mol. The van der Waals surface area contributed by atoms with E-state index in [1.165, 1.54) is 0 Å². The zero-order chi connectivity index (χ0) is 98.7. The first-order chi connectivity index (χ1) is 66.3. The first-order valence-electron chi connectivity index (χ1n) is 44.5. The normalized spacial score (nSPS) is 15.2. The number of halogens is 4. The van der Waals surface area contributed by atoms with Crippen molar-refractivity contribution in [3.63, 3.8) is 0 Å². The van der Waals surface area contributed by atoms with Crippen molar-refractivity contribution in [1.82, 2.24) is 0 Å². The fourth-order valence-corrected chi connectivity index (χ4v) is 23.7. The van der Waals surface area contributed by atoms with Gasteiger partial charge in [-0.3, -0.25) is 0 Å². The van der Waals surface area contributed by atoms with E-state index in [0.717, 1.165) is 162 Å². The highest BCUT2D eigenvalue weighted by Gasteiger charge is 2.34. The molecular weight excluding hydrogens is 2010 g/mol. The molecule has 0 fully saturated rings. The summed E-state index contributed by atoms with van der Waals surface area (Å²) in [6.45, 7) is 9.43. The average Bonchev–Trinajstić information content (AvgIpc) is 1.61. The standard InChI is InChI=1S/C31H28N2O5S.C25H26Cl2N2O5S.C23H22Cl2N2O3S3.C23H20N2O4S3/c1-3-21(15-30-32(2)26-17-22-9-4-6-11-24(22)19-28(26)37-30)16-31-33(13-8-14-39(34,35)36)27-18-23-10-5-7-12-25(23)20-29(27)38-31;1-4-17(12-24-28(3)20-14-18(26)7-8-22(20)33-24)13-25-29(9-5-6-10-35(30,31)32)21-15-19(27)16(2)11-23(21)34-25;1-3-15(11-22-26(2)18-13-16(24)5-7-20(18)31-22)12-23-27(9-4-10-33(28,29)30)19-14-17(25)6-8-21(19)32-23;1-24-18-13-16(29-2)8-10-19(18)30-21(24)14-22-25(11-12-32(26,27)28)23-17-6-4-3-5-15(17)7-9-20(23)31-22/h4-7,9-12,15-20H,3,8,13-14H2,1-2H3;7-8,11-15H,4-6,9-10H2,1-3H3;5-8,11-14H,3-4,9-10H2,1-2H3;3-10,13-14H,11-12H2,1-2H3. The molecule has 0 unspecified atom stereocenters. The van der Waals surface area contributed by atoms with Crippen LogP contribution in [-0.4, -0.2) is 109 Å². The Labute approximate surface area is 843 Å². The first kappa shape index (κ1) is 101. The van der Waals surface area contributed by atoms with Crippen molar-refractivity contribution in [3.8, 4) is 17.2 Å². The molecule has 0 bridgehead atoms. The molecule has 139 heavy (non-hydrogen) atoms. The zero-order valence-electron chi connectivity index (χ0n) is 76.9. The summed E-state index contributed by atoms with van der Waals surface area (Å²) in [5, 5.41) is 13.0. The number of oxazole rings is 2. The second-order valence-electron chi connectivity index (χ2n) is 33.3. The number of thioether (sulfide) groups is 2. The van der Waals surface area contributed by atoms with Crippen molar-refractivity contribution in [2.45, 2.75) is 89.0 Å². The van der Waals surface area contributed by atoms with Gasteiger partial charge in [0.15, 0.2) is 18.0 Å². The molecule has 19 rings (SSSR count). The lowest BCUT2D eigenvalue weighted by Crippen LogP contribution is -2.38. The highest BCUT2D eigenvalue weighted by molar-refractivity contribution is 8.04. The number of nitrogens with zero attached hydrogens (tertiary/aromatic N) is 8. The van der Waals surface area contributed by atoms with Crippen LogP contribution in [0.25, 0.3) is 99.3 Å². The number of benzene rings is 11. The van der Waals surface area contributed by atoms with Crippen molar-refractivity contribution in [2.24, 2.45) is 21.1 Å². The minimum atomic E-state index is -4.34. The van der Waals surface area contributed by atoms with E-state index in [2.05, 4.69) is 77.9 Å². The van der Waals surface area contributed by atoms with E-state index < -0.39 is 63.5 Å². The van der Waals surface area contributed by atoms with Gasteiger partial charge in [-0.1, -0.05) is 186 Å². The summed E-state index contributed by atoms with van der Waals surface area (Å²) in [5.41, 5.74) is 13.1. The second-order valence-corrected chi connectivity index (χ2v) is 45.4. The van der Waals surface area contributed by atoms with Gasteiger partial charge in [0.25, 0.3) is 21.0 Å². The molecule has 11 aromatic carbocycles. The molecule has 4 aliphatic rings. The number of hydrogen-bond acceptors (Lipinski definition) is 25. The summed E-state index contributed by atoms with van der Waals surface area (Å²) in [7, 11) is -7.59. The van der Waals surface area contributed by atoms with Crippen LogP contribution in [-0.2, 0) is 68.2 Å². The van der Waals surface area contributed by atoms with Gasteiger partial charge in [-0.2, -0.15) is 18.3 Å². The Balaban J connectivity index is 0.000000134. The maximum atomic E-state index is 11.4. The molecule has 0 radical (unpaired) electrons. The largest absolute Gasteiger partial charge is 0.748 e. The Bertz CT molecular complexity index is 8090. The zero-order valence-corrected chi connectivity index (χ0v) is 86.5. The fraction of sp³-hybridized carbons (Fsp3) is 0.235. The van der Waals surface area contributed by atoms with Crippen LogP contribution in [0.5, 0.6) is 17.2 Å². The van der Waals surface area contributed by atoms with E-state index in [9.17, 15) is 51.9 Å². The quantitative estimate of drug-likeness (QED) is 0.0262. The van der Waals surface area contributed by atoms with Crippen LogP contribution in [0.4, 0.5) is 22.7 Å². The molecule has 25 nitrogen and oxygen atoms in total. The number of aromatic nitrogens is 4. The molecule has 0 saturated heterocycles. The number of anilines is 4. The molecule has 0 N–H and O–H groups in total. The number of allylic oxidation sites excluding steroid dienone is 6. The van der Waals surface area contributed by atoms with E-state index in [1.54, 1.807) is 59.4 Å². The summed E-state index contributed by atoms with van der Waals surface area (Å²) in [6.07, 6.45) is 17.6. The first-order valence-corrected chi connectivity index (χ1v) is 55.5. The Morgan fingerprint density at radius 2 is 0.942 bits per heavy atom. The fourth-order valence-electron chi connectivity index (χ4n) is 16.6. The number of ether oxygens (including phenoxy) is 3. The van der Waals surface area contributed by atoms with E-state index in [0.29, 0.717) is 94.0 Å². The molecule has 0 amide bonds. The SMILES string of the molecule is CCC(=Cc1oc2cc3ccccc3cc2[n+]1C)C=C1Oc2cc3ccccc3cc2N1CCCS(=O)(=O)[O-].CCC(=Cc1oc2ccc(Cl)cc2[n+]1C)C=C1Oc2cc(C)c(Cl)cc2N1CCCCS(=O)(=O)[O-].CCC(=Cc1sc2ccc(Cl)cc2[n+]1C)C=C1Sc2ccc(Cl)cc2N1CCCS(=O)(=O)[O-].COc1ccc2c(c1)N(C)C(=Cc1sc3ccc4ccccc4c3[n+]1CCS(=O)(=O)[O-])S2. The third kappa shape index (κ3) is 24.2. The van der Waals surface area contributed by atoms with Crippen molar-refractivity contribution in [2.75, 3.05) is 76.4 Å². The van der Waals surface area contributed by atoms with Gasteiger partial charge < -0.3 is 60.9 Å². The van der Waals surface area contributed by atoms with Crippen LogP contribution in [0.1, 0.15) is 93.1 Å². The number of unbranched alkanes of at least 4 members (excludes halogenated alkanes) is 1. The van der Waals surface area contributed by atoms with E-state index in [-0.39, 0.29) is 25.8 Å². The molecule has 4 aromatic heterocycles. The Hall–Kier alpha value is -10.8. The number of rotatable bonds is 27. The van der Waals surface area contributed by atoms with E-state index >= 15 is 0 Å². The Kier molecular flexibility index (Phi) is 31.2. The summed E-state index contributed by atoms with van der Waals surface area (Å²) in [4.78, 5) is 10.2. The van der Waals surface area contributed by atoms with Gasteiger partial charge in [-0.15, -0.1) is 0 Å². The maximum absolute atomic E-state index is 11.4. The third-order valence-electron chi connectivity index (χ3n) is 23.8. The average molecular weight is 2100 g/mol. The highest BCUT2D eigenvalue weighted by Crippen LogP contribution is 2.51. The predicted octanol–water partition coefficient (Wildman–Crippen LogP) is 22.4. The van der Waals surface area contributed by atoms with Gasteiger partial charge in [0, 0.05) is 116 Å². The summed E-state index contributed by atoms with van der Waals surface area (Å²) < 4.78 is 175. The maximum Gasteiger partial charge on any atom is 0.374 e. The van der Waals surface area contributed by atoms with Crippen molar-refractivity contribution in [1.29, 1.82) is 0 Å². The lowest BCUT2D eigenvalue weighted by atomic mass is 10.1. The number of fused-ring (bicyclic) bond motifs is 12. The molecule has 722 valence electrons. The highest BCUT2D eigenvalue weighted by atomic mass is 35.5. The summed E-state index contributed by atoms with van der Waals surface area (Å²) >= 11 is 31.5. The topological polar surface area (TPSA) is 311 Å². The molecule has 4 aliphatic heterocycles. The number of hydrogen-bond donors (Lipinski definition) is 0. The van der Waals surface area contributed by atoms with Gasteiger partial charge in [0.2, 0.25) is 34.0 Å². The second kappa shape index (κ2) is 42.9. The molecule has 0 atom stereocenters. The van der Waals surface area contributed by atoms with Crippen LogP contribution in [0.15, 0.2) is 270 Å². The van der Waals surface area contributed by atoms with Crippen LogP contribution in [0, 0.1) is 6.92 Å². The lowest BCUT2D eigenvalue weighted by Gasteiger charge is -2.21. The van der Waals surface area contributed by atoms with Gasteiger partial charge in [0.1, 0.15) is 46.4 Å². The van der Waals surface area contributed by atoms with Gasteiger partial charge in [-0.05, 0) is 204 Å². The molecule has 0 spiro atoms. The minimum Gasteiger partial charge on any atom is -0.748 e. The van der Waals surface area contributed by atoms with Crippen molar-refractivity contribution < 1.29 is 93.2 Å². The lowest BCUT2D eigenvalue weighted by molar-refractivity contribution is -0.663. The molecule has 0 aliphatic carbocycles. The molecule has 15 aromatic rings. The van der Waals surface area contributed by atoms with Crippen LogP contribution >= 0.6 is 92.6 Å². The minimum absolute atomic E-state index is 0.105. The summed E-state index contributed by atoms with van der Waals surface area (Å²) in [6, 6.07) is 63.3. The number of methoxy groups -OCH3 is 1. The third-order valence-corrected chi connectivity index (χ3v) is 32.5. The number of thiazole rings is 2. The van der Waals surface area contributed by atoms with Gasteiger partial charge >= 0.3 is 11.8 Å². The van der Waals surface area contributed by atoms with Crippen LogP contribution < -0.4 is 52.1 Å². The molecule has 37 heteroatoms. The van der Waals surface area contributed by atoms with E-state index in [1.807, 2.05) is 246 Å². The Morgan fingerprint density at radius 1 is 0.446 bits per heavy atom. The predicted molar refractivity (Wildman–Crippen MR) is 557 cm³/mol.